The third-order valence-electron chi connectivity index (χ3n) is 1.60. The molecule has 1 aromatic carbocycles. The maximum absolute atomic E-state index is 12.3. The van der Waals surface area contributed by atoms with Gasteiger partial charge in [0.25, 0.3) is 0 Å². The summed E-state index contributed by atoms with van der Waals surface area (Å²) in [7, 11) is 0. The molecule has 2 N–H and O–H groups in total. The minimum atomic E-state index is -4.96. The van der Waals surface area contributed by atoms with Gasteiger partial charge in [-0.25, -0.2) is 0 Å². The van der Waals surface area contributed by atoms with Crippen LogP contribution in [-0.4, -0.2) is 6.98 Å². The van der Waals surface area contributed by atoms with Crippen molar-refractivity contribution in [3.63, 3.8) is 0 Å². The maximum Gasteiger partial charge on any atom is 0.509 e. The first kappa shape index (κ1) is 10.3. The van der Waals surface area contributed by atoms with Crippen LogP contribution < -0.4 is 11.2 Å². The second-order valence-corrected chi connectivity index (χ2v) is 3.06. The number of hydrogen-bond donors (Lipinski definition) is 2. The van der Waals surface area contributed by atoms with Crippen LogP contribution in [0.1, 0.15) is 5.56 Å². The van der Waals surface area contributed by atoms with E-state index in [0.717, 1.165) is 12.1 Å². The quantitative estimate of drug-likeness (QED) is 0.430. The Kier molecular flexibility index (Phi) is 2.80. The van der Waals surface area contributed by atoms with Crippen LogP contribution in [-0.2, 0) is 5.75 Å². The van der Waals surface area contributed by atoms with Gasteiger partial charge in [0.15, 0.2) is 0 Å². The van der Waals surface area contributed by atoms with E-state index in [-0.39, 0.29) is 11.4 Å². The van der Waals surface area contributed by atoms with E-state index in [0.29, 0.717) is 5.56 Å². The zero-order valence-electron chi connectivity index (χ0n) is 6.67. The van der Waals surface area contributed by atoms with Crippen molar-refractivity contribution >= 4 is 30.8 Å². The van der Waals surface area contributed by atoms with E-state index in [1.165, 1.54) is 6.07 Å². The van der Waals surface area contributed by atoms with Gasteiger partial charge >= 0.3 is 6.98 Å². The van der Waals surface area contributed by atoms with E-state index in [1.54, 1.807) is 0 Å². The molecule has 0 aliphatic heterocycles. The lowest BCUT2D eigenvalue weighted by Gasteiger charge is -2.16. The van der Waals surface area contributed by atoms with Crippen molar-refractivity contribution in [2.24, 2.45) is 0 Å². The van der Waals surface area contributed by atoms with Crippen LogP contribution >= 0.6 is 12.6 Å². The topological polar surface area (TPSA) is 26.0 Å². The molecule has 1 nitrogen and oxygen atoms in total. The zero-order valence-corrected chi connectivity index (χ0v) is 7.57. The molecule has 0 fully saturated rings. The number of nitrogen functional groups attached to an aromatic ring is 1. The highest BCUT2D eigenvalue weighted by Crippen LogP contribution is 2.14. The zero-order chi connectivity index (χ0) is 10.1. The fourth-order valence-corrected chi connectivity index (χ4v) is 1.21. The molecule has 0 unspecified atom stereocenters. The fraction of sp³-hybridized carbons (Fsp3) is 0.143. The Morgan fingerprint density at radius 1 is 1.23 bits per heavy atom. The number of benzene rings is 1. The Bertz CT molecular complexity index is 313. The van der Waals surface area contributed by atoms with Gasteiger partial charge in [0, 0.05) is 11.4 Å². The van der Waals surface area contributed by atoms with Crippen LogP contribution in [0.25, 0.3) is 0 Å². The van der Waals surface area contributed by atoms with Gasteiger partial charge in [-0.1, -0.05) is 12.1 Å². The molecule has 0 aliphatic carbocycles. The summed E-state index contributed by atoms with van der Waals surface area (Å²) in [6.45, 7) is -4.96. The molecule has 6 heteroatoms. The monoisotopic (exact) mass is 206 g/mol. The van der Waals surface area contributed by atoms with E-state index in [1.807, 2.05) is 0 Å². The summed E-state index contributed by atoms with van der Waals surface area (Å²) in [6.07, 6.45) is 0. The summed E-state index contributed by atoms with van der Waals surface area (Å²) >= 11 is 3.88. The number of thiol groups is 1. The Labute approximate surface area is 79.6 Å². The third-order valence-corrected chi connectivity index (χ3v) is 1.96. The highest BCUT2D eigenvalue weighted by Gasteiger charge is 2.25. The first-order valence-electron chi connectivity index (χ1n) is 3.63. The highest BCUT2D eigenvalue weighted by molar-refractivity contribution is 7.79. The molecular formula is C7H8BF3NS-. The van der Waals surface area contributed by atoms with Crippen LogP contribution in [0.4, 0.5) is 18.6 Å². The van der Waals surface area contributed by atoms with Crippen LogP contribution in [0, 0.1) is 0 Å². The number of anilines is 1. The Morgan fingerprint density at radius 2 is 1.85 bits per heavy atom. The molecular weight excluding hydrogens is 198 g/mol. The molecule has 0 atom stereocenters. The summed E-state index contributed by atoms with van der Waals surface area (Å²) in [4.78, 5) is 0. The Balaban J connectivity index is 3.16. The van der Waals surface area contributed by atoms with Gasteiger partial charge in [-0.15, -0.1) is 5.46 Å². The molecule has 0 aliphatic rings. The van der Waals surface area contributed by atoms with Crippen molar-refractivity contribution in [2.45, 2.75) is 5.75 Å². The summed E-state index contributed by atoms with van der Waals surface area (Å²) in [5.41, 5.74) is 5.25. The van der Waals surface area contributed by atoms with Crippen LogP contribution in [0.15, 0.2) is 18.2 Å². The third kappa shape index (κ3) is 2.58. The van der Waals surface area contributed by atoms with Crippen LogP contribution in [0.5, 0.6) is 0 Å². The first-order valence-corrected chi connectivity index (χ1v) is 4.27. The van der Waals surface area contributed by atoms with E-state index < -0.39 is 12.4 Å². The smallest absolute Gasteiger partial charge is 0.445 e. The van der Waals surface area contributed by atoms with Gasteiger partial charge in [0.2, 0.25) is 0 Å². The molecule has 1 aromatic rings. The van der Waals surface area contributed by atoms with Gasteiger partial charge in [0.1, 0.15) is 0 Å². The van der Waals surface area contributed by atoms with Gasteiger partial charge in [0.05, 0.1) is 0 Å². The largest absolute Gasteiger partial charge is 0.509 e. The lowest BCUT2D eigenvalue weighted by molar-refractivity contribution is 0.501. The van der Waals surface area contributed by atoms with Gasteiger partial charge in [-0.05, 0) is 11.6 Å². The van der Waals surface area contributed by atoms with Crippen LogP contribution in [0.2, 0.25) is 0 Å². The molecule has 1 rings (SSSR count). The van der Waals surface area contributed by atoms with E-state index in [9.17, 15) is 12.9 Å². The van der Waals surface area contributed by atoms with Crippen molar-refractivity contribution in [3.05, 3.63) is 23.8 Å². The Morgan fingerprint density at radius 3 is 2.31 bits per heavy atom. The summed E-state index contributed by atoms with van der Waals surface area (Å²) < 4.78 is 36.8. The first-order chi connectivity index (χ1) is 5.93. The molecule has 0 bridgehead atoms. The predicted molar refractivity (Wildman–Crippen MR) is 52.3 cm³/mol. The summed E-state index contributed by atoms with van der Waals surface area (Å²) in [6, 6.07) is 3.49. The van der Waals surface area contributed by atoms with E-state index in [2.05, 4.69) is 12.6 Å². The van der Waals surface area contributed by atoms with Gasteiger partial charge in [-0.3, -0.25) is 0 Å². The molecule has 0 aromatic heterocycles. The molecule has 0 saturated carbocycles. The van der Waals surface area contributed by atoms with E-state index in [4.69, 9.17) is 5.73 Å². The lowest BCUT2D eigenvalue weighted by Crippen LogP contribution is -2.34. The highest BCUT2D eigenvalue weighted by atomic mass is 32.1. The summed E-state index contributed by atoms with van der Waals surface area (Å²) in [5.74, 6) is 0.254. The second kappa shape index (κ2) is 3.53. The number of hydrogen-bond acceptors (Lipinski definition) is 2. The second-order valence-electron chi connectivity index (χ2n) is 2.74. The summed E-state index contributed by atoms with van der Waals surface area (Å²) in [5, 5.41) is 0. The molecule has 0 heterocycles. The standard InChI is InChI=1S/C7H8BF3NS/c9-8(10,11)6-1-5(4-13)2-7(12)3-6/h1-3,13H,4,12H2/q-1. The average molecular weight is 206 g/mol. The van der Waals surface area contributed by atoms with E-state index >= 15 is 0 Å². The van der Waals surface area contributed by atoms with Crippen molar-refractivity contribution in [1.82, 2.24) is 0 Å². The van der Waals surface area contributed by atoms with Gasteiger partial charge in [-0.2, -0.15) is 12.6 Å². The predicted octanol–water partition coefficient (Wildman–Crippen LogP) is 1.75. The van der Waals surface area contributed by atoms with Gasteiger partial charge < -0.3 is 18.7 Å². The maximum atomic E-state index is 12.3. The SMILES string of the molecule is Nc1cc(CS)cc([B-](F)(F)F)c1. The number of rotatable bonds is 2. The van der Waals surface area contributed by atoms with Crippen molar-refractivity contribution < 1.29 is 12.9 Å². The fourth-order valence-electron chi connectivity index (χ4n) is 1.03. The molecule has 0 radical (unpaired) electrons. The molecule has 0 amide bonds. The van der Waals surface area contributed by atoms with Crippen molar-refractivity contribution in [3.8, 4) is 0 Å². The lowest BCUT2D eigenvalue weighted by atomic mass is 9.79. The average Bonchev–Trinajstić information content (AvgIpc) is 2.01. The number of halogens is 3. The normalized spacial score (nSPS) is 11.7. The Hall–Kier alpha value is -0.775. The molecule has 0 spiro atoms. The van der Waals surface area contributed by atoms with Crippen LogP contribution in [0.3, 0.4) is 0 Å². The van der Waals surface area contributed by atoms with Crippen molar-refractivity contribution in [2.75, 3.05) is 5.73 Å². The van der Waals surface area contributed by atoms with Crippen molar-refractivity contribution in [1.29, 1.82) is 0 Å². The molecule has 13 heavy (non-hydrogen) atoms. The minimum Gasteiger partial charge on any atom is -0.445 e. The molecule has 72 valence electrons. The minimum absolute atomic E-state index is 0.126. The molecule has 0 saturated heterocycles. The number of nitrogens with two attached hydrogens (primary N) is 1.